The van der Waals surface area contributed by atoms with Gasteiger partial charge in [-0.05, 0) is 19.3 Å². The Bertz CT molecular complexity index is 342. The van der Waals surface area contributed by atoms with Crippen LogP contribution < -0.4 is 5.73 Å². The SMILES string of the molecule is CC(C)(C)c1cncn1CC1(N)CCC1. The van der Waals surface area contributed by atoms with Crippen LogP contribution in [0.25, 0.3) is 0 Å². The quantitative estimate of drug-likeness (QED) is 0.806. The highest BCUT2D eigenvalue weighted by atomic mass is 15.1. The number of hydrogen-bond acceptors (Lipinski definition) is 2. The zero-order valence-corrected chi connectivity index (χ0v) is 9.95. The van der Waals surface area contributed by atoms with Gasteiger partial charge in [-0.3, -0.25) is 0 Å². The predicted octanol–water partition coefficient (Wildman–Crippen LogP) is 2.06. The van der Waals surface area contributed by atoms with Crippen LogP contribution in [0.4, 0.5) is 0 Å². The van der Waals surface area contributed by atoms with E-state index >= 15 is 0 Å². The molecule has 0 amide bonds. The second-order valence-corrected chi connectivity index (χ2v) is 5.87. The smallest absolute Gasteiger partial charge is 0.0949 e. The van der Waals surface area contributed by atoms with Gasteiger partial charge in [0.25, 0.3) is 0 Å². The molecule has 1 aliphatic rings. The van der Waals surface area contributed by atoms with Gasteiger partial charge < -0.3 is 10.3 Å². The normalized spacial score (nSPS) is 20.0. The minimum absolute atomic E-state index is 0.0285. The zero-order chi connectivity index (χ0) is 11.1. The van der Waals surface area contributed by atoms with Gasteiger partial charge in [-0.15, -0.1) is 0 Å². The van der Waals surface area contributed by atoms with Crippen LogP contribution in [0.2, 0.25) is 0 Å². The standard InChI is InChI=1S/C12H21N3/c1-11(2,3)10-7-14-9-15(10)8-12(13)5-4-6-12/h7,9H,4-6,8,13H2,1-3H3. The fraction of sp³-hybridized carbons (Fsp3) is 0.750. The highest BCUT2D eigenvalue weighted by Gasteiger charge is 2.34. The topological polar surface area (TPSA) is 43.8 Å². The Labute approximate surface area is 91.7 Å². The molecule has 1 aromatic rings. The van der Waals surface area contributed by atoms with Gasteiger partial charge in [0.15, 0.2) is 0 Å². The lowest BCUT2D eigenvalue weighted by atomic mass is 9.77. The summed E-state index contributed by atoms with van der Waals surface area (Å²) < 4.78 is 2.22. The highest BCUT2D eigenvalue weighted by Crippen LogP contribution is 2.32. The fourth-order valence-corrected chi connectivity index (χ4v) is 2.20. The van der Waals surface area contributed by atoms with Gasteiger partial charge in [-0.25, -0.2) is 4.98 Å². The van der Waals surface area contributed by atoms with E-state index in [1.165, 1.54) is 12.1 Å². The molecular formula is C12H21N3. The summed E-state index contributed by atoms with van der Waals surface area (Å²) in [5, 5.41) is 0. The Morgan fingerprint density at radius 1 is 1.47 bits per heavy atom. The molecule has 0 bridgehead atoms. The third kappa shape index (κ3) is 2.07. The van der Waals surface area contributed by atoms with Gasteiger partial charge >= 0.3 is 0 Å². The summed E-state index contributed by atoms with van der Waals surface area (Å²) in [6.07, 6.45) is 7.44. The van der Waals surface area contributed by atoms with Gasteiger partial charge in [-0.1, -0.05) is 20.8 Å². The zero-order valence-electron chi connectivity index (χ0n) is 9.95. The Balaban J connectivity index is 2.18. The van der Waals surface area contributed by atoms with E-state index in [1.54, 1.807) is 0 Å². The van der Waals surface area contributed by atoms with E-state index in [0.717, 1.165) is 19.4 Å². The summed E-state index contributed by atoms with van der Waals surface area (Å²) in [6, 6.07) is 0. The summed E-state index contributed by atoms with van der Waals surface area (Å²) in [6.45, 7) is 7.55. The Hall–Kier alpha value is -0.830. The van der Waals surface area contributed by atoms with Crippen LogP contribution in [-0.2, 0) is 12.0 Å². The maximum atomic E-state index is 6.26. The lowest BCUT2D eigenvalue weighted by Crippen LogP contribution is -2.50. The lowest BCUT2D eigenvalue weighted by Gasteiger charge is -2.39. The summed E-state index contributed by atoms with van der Waals surface area (Å²) in [5.41, 5.74) is 7.71. The predicted molar refractivity (Wildman–Crippen MR) is 61.7 cm³/mol. The minimum Gasteiger partial charge on any atom is -0.332 e. The van der Waals surface area contributed by atoms with Crippen LogP contribution in [0.1, 0.15) is 45.7 Å². The molecule has 1 aromatic heterocycles. The third-order valence-electron chi connectivity index (χ3n) is 3.32. The molecule has 0 saturated heterocycles. The molecule has 0 aromatic carbocycles. The number of nitrogens with zero attached hydrogens (tertiary/aromatic N) is 2. The molecular weight excluding hydrogens is 186 g/mol. The molecule has 15 heavy (non-hydrogen) atoms. The first-order valence-electron chi connectivity index (χ1n) is 5.70. The minimum atomic E-state index is 0.0285. The molecule has 3 nitrogen and oxygen atoms in total. The molecule has 1 aliphatic carbocycles. The van der Waals surface area contributed by atoms with Gasteiger partial charge in [0, 0.05) is 29.4 Å². The van der Waals surface area contributed by atoms with Gasteiger partial charge in [0.05, 0.1) is 6.33 Å². The Morgan fingerprint density at radius 3 is 2.60 bits per heavy atom. The number of nitrogens with two attached hydrogens (primary N) is 1. The van der Waals surface area contributed by atoms with Crippen LogP contribution in [-0.4, -0.2) is 15.1 Å². The summed E-state index contributed by atoms with van der Waals surface area (Å²) in [4.78, 5) is 4.24. The summed E-state index contributed by atoms with van der Waals surface area (Å²) in [7, 11) is 0. The number of aromatic nitrogens is 2. The molecule has 1 saturated carbocycles. The van der Waals surface area contributed by atoms with Crippen LogP contribution >= 0.6 is 0 Å². The van der Waals surface area contributed by atoms with E-state index in [4.69, 9.17) is 5.73 Å². The first-order valence-corrected chi connectivity index (χ1v) is 5.70. The monoisotopic (exact) mass is 207 g/mol. The second-order valence-electron chi connectivity index (χ2n) is 5.87. The van der Waals surface area contributed by atoms with Crippen molar-refractivity contribution in [3.05, 3.63) is 18.2 Å². The van der Waals surface area contributed by atoms with E-state index in [2.05, 4.69) is 30.3 Å². The van der Waals surface area contributed by atoms with Gasteiger partial charge in [0.2, 0.25) is 0 Å². The number of imidazole rings is 1. The van der Waals surface area contributed by atoms with E-state index in [-0.39, 0.29) is 11.0 Å². The van der Waals surface area contributed by atoms with Crippen LogP contribution in [0.3, 0.4) is 0 Å². The van der Waals surface area contributed by atoms with Crippen molar-refractivity contribution in [1.29, 1.82) is 0 Å². The maximum Gasteiger partial charge on any atom is 0.0949 e. The molecule has 1 fully saturated rings. The molecule has 0 aliphatic heterocycles. The molecule has 84 valence electrons. The molecule has 0 unspecified atom stereocenters. The van der Waals surface area contributed by atoms with Crippen molar-refractivity contribution < 1.29 is 0 Å². The van der Waals surface area contributed by atoms with Crippen LogP contribution in [0.5, 0.6) is 0 Å². The molecule has 2 rings (SSSR count). The highest BCUT2D eigenvalue weighted by molar-refractivity contribution is 5.12. The van der Waals surface area contributed by atoms with Crippen molar-refractivity contribution >= 4 is 0 Å². The van der Waals surface area contributed by atoms with E-state index in [0.29, 0.717) is 0 Å². The molecule has 1 heterocycles. The molecule has 2 N–H and O–H groups in total. The summed E-state index contributed by atoms with van der Waals surface area (Å²) in [5.74, 6) is 0. The second kappa shape index (κ2) is 3.34. The Morgan fingerprint density at radius 2 is 2.13 bits per heavy atom. The lowest BCUT2D eigenvalue weighted by molar-refractivity contribution is 0.211. The van der Waals surface area contributed by atoms with E-state index in [9.17, 15) is 0 Å². The average molecular weight is 207 g/mol. The van der Waals surface area contributed by atoms with Gasteiger partial charge in [0.1, 0.15) is 0 Å². The van der Waals surface area contributed by atoms with E-state index in [1.807, 2.05) is 12.5 Å². The first kappa shape index (κ1) is 10.7. The average Bonchev–Trinajstić information content (AvgIpc) is 2.48. The molecule has 0 atom stereocenters. The molecule has 0 radical (unpaired) electrons. The maximum absolute atomic E-state index is 6.26. The van der Waals surface area contributed by atoms with Crippen molar-refractivity contribution in [1.82, 2.24) is 9.55 Å². The summed E-state index contributed by atoms with van der Waals surface area (Å²) >= 11 is 0. The largest absolute Gasteiger partial charge is 0.332 e. The van der Waals surface area contributed by atoms with Crippen LogP contribution in [0.15, 0.2) is 12.5 Å². The fourth-order valence-electron chi connectivity index (χ4n) is 2.20. The van der Waals surface area contributed by atoms with Crippen molar-refractivity contribution in [2.24, 2.45) is 5.73 Å². The van der Waals surface area contributed by atoms with Gasteiger partial charge in [-0.2, -0.15) is 0 Å². The first-order chi connectivity index (χ1) is 6.91. The van der Waals surface area contributed by atoms with Crippen LogP contribution in [0, 0.1) is 0 Å². The number of hydrogen-bond donors (Lipinski definition) is 1. The van der Waals surface area contributed by atoms with Crippen molar-refractivity contribution in [2.45, 2.75) is 57.5 Å². The van der Waals surface area contributed by atoms with Crippen molar-refractivity contribution in [3.63, 3.8) is 0 Å². The molecule has 0 spiro atoms. The van der Waals surface area contributed by atoms with Crippen molar-refractivity contribution in [2.75, 3.05) is 0 Å². The van der Waals surface area contributed by atoms with Crippen molar-refractivity contribution in [3.8, 4) is 0 Å². The van der Waals surface area contributed by atoms with E-state index < -0.39 is 0 Å². The Kier molecular flexibility index (Phi) is 2.38. The third-order valence-corrected chi connectivity index (χ3v) is 3.32. The molecule has 3 heteroatoms. The number of rotatable bonds is 2.